The normalized spacial score (nSPS) is 11.5. The Morgan fingerprint density at radius 3 is 2.66 bits per heavy atom. The molecule has 0 saturated carbocycles. The molecular formula is C26H21FN8. The zero-order chi connectivity index (χ0) is 23.9. The highest BCUT2D eigenvalue weighted by Crippen LogP contribution is 2.32. The molecule has 6 rings (SSSR count). The molecule has 172 valence electrons. The number of aromatic amines is 2. The fourth-order valence-corrected chi connectivity index (χ4v) is 4.15. The van der Waals surface area contributed by atoms with Crippen LogP contribution in [0.15, 0.2) is 67.3 Å². The van der Waals surface area contributed by atoms with Crippen molar-refractivity contribution in [3.8, 4) is 33.9 Å². The number of benzene rings is 1. The lowest BCUT2D eigenvalue weighted by Gasteiger charge is -2.10. The third-order valence-corrected chi connectivity index (χ3v) is 5.67. The van der Waals surface area contributed by atoms with Crippen LogP contribution in [0.3, 0.4) is 0 Å². The Labute approximate surface area is 199 Å². The van der Waals surface area contributed by atoms with E-state index in [2.05, 4.69) is 49.3 Å². The Bertz CT molecular complexity index is 1680. The molecule has 9 heteroatoms. The maximum atomic E-state index is 13.8. The molecule has 5 aromatic heterocycles. The lowest BCUT2D eigenvalue weighted by molar-refractivity contribution is 0.628. The van der Waals surface area contributed by atoms with E-state index < -0.39 is 0 Å². The van der Waals surface area contributed by atoms with Crippen LogP contribution < -0.4 is 5.32 Å². The standard InChI is InChI=1S/C26H21FN8/c1-14(2)31-19-9-16(11-28-13-19)17-10-20-23(34-35-25(20)30-12-17)26-32-21-6-7-29-22(24(21)33-26)15-4-3-5-18(27)8-15/h3-14,31H,1-2H3,(H,32,33)(H,30,34,35). The Kier molecular flexibility index (Phi) is 4.95. The minimum absolute atomic E-state index is 0.299. The maximum absolute atomic E-state index is 13.8. The van der Waals surface area contributed by atoms with Crippen molar-refractivity contribution in [1.82, 2.24) is 35.1 Å². The summed E-state index contributed by atoms with van der Waals surface area (Å²) in [5.74, 6) is 0.250. The molecule has 0 saturated heterocycles. The number of fused-ring (bicyclic) bond motifs is 2. The van der Waals surface area contributed by atoms with Gasteiger partial charge in [0, 0.05) is 47.5 Å². The number of aromatic nitrogens is 7. The molecule has 0 amide bonds. The first-order chi connectivity index (χ1) is 17.0. The number of rotatable bonds is 5. The molecule has 8 nitrogen and oxygen atoms in total. The van der Waals surface area contributed by atoms with E-state index in [-0.39, 0.29) is 5.82 Å². The second kappa shape index (κ2) is 8.28. The zero-order valence-electron chi connectivity index (χ0n) is 19.0. The number of imidazole rings is 1. The number of H-pyrrole nitrogens is 2. The predicted octanol–water partition coefficient (Wildman–Crippen LogP) is 5.58. The average molecular weight is 465 g/mol. The first kappa shape index (κ1) is 20.9. The van der Waals surface area contributed by atoms with Gasteiger partial charge in [-0.1, -0.05) is 12.1 Å². The van der Waals surface area contributed by atoms with Gasteiger partial charge < -0.3 is 10.3 Å². The van der Waals surface area contributed by atoms with Gasteiger partial charge in [-0.05, 0) is 44.2 Å². The molecule has 0 unspecified atom stereocenters. The van der Waals surface area contributed by atoms with Crippen LogP contribution in [0.1, 0.15) is 13.8 Å². The number of nitrogens with one attached hydrogen (secondary N) is 3. The van der Waals surface area contributed by atoms with E-state index in [0.717, 1.165) is 27.7 Å². The molecule has 1 aromatic carbocycles. The molecule has 0 radical (unpaired) electrons. The first-order valence-corrected chi connectivity index (χ1v) is 11.2. The molecule has 6 aromatic rings. The molecule has 0 aliphatic rings. The third-order valence-electron chi connectivity index (χ3n) is 5.67. The first-order valence-electron chi connectivity index (χ1n) is 11.2. The van der Waals surface area contributed by atoms with Crippen LogP contribution in [0, 0.1) is 5.82 Å². The van der Waals surface area contributed by atoms with Gasteiger partial charge in [0.15, 0.2) is 11.5 Å². The SMILES string of the molecule is CC(C)Nc1cncc(-c2cnc3[nH]nc(-c4nc5c(-c6cccc(F)c6)nccc5[nH]4)c3c2)c1. The highest BCUT2D eigenvalue weighted by atomic mass is 19.1. The van der Waals surface area contributed by atoms with Gasteiger partial charge >= 0.3 is 0 Å². The summed E-state index contributed by atoms with van der Waals surface area (Å²) < 4.78 is 13.8. The molecule has 5 heterocycles. The Morgan fingerprint density at radius 1 is 0.914 bits per heavy atom. The number of hydrogen-bond acceptors (Lipinski definition) is 6. The van der Waals surface area contributed by atoms with Gasteiger partial charge in [-0.25, -0.2) is 14.4 Å². The summed E-state index contributed by atoms with van der Waals surface area (Å²) in [6.07, 6.45) is 7.09. The van der Waals surface area contributed by atoms with E-state index >= 15 is 0 Å². The van der Waals surface area contributed by atoms with Crippen LogP contribution in [-0.4, -0.2) is 41.2 Å². The molecule has 0 spiro atoms. The number of hydrogen-bond donors (Lipinski definition) is 3. The van der Waals surface area contributed by atoms with Crippen molar-refractivity contribution in [3.63, 3.8) is 0 Å². The smallest absolute Gasteiger partial charge is 0.159 e. The molecule has 0 bridgehead atoms. The summed E-state index contributed by atoms with van der Waals surface area (Å²) in [6, 6.07) is 12.5. The summed E-state index contributed by atoms with van der Waals surface area (Å²) in [6.45, 7) is 4.17. The summed E-state index contributed by atoms with van der Waals surface area (Å²) in [4.78, 5) is 21.5. The van der Waals surface area contributed by atoms with Crippen LogP contribution in [0.4, 0.5) is 10.1 Å². The van der Waals surface area contributed by atoms with E-state index in [1.54, 1.807) is 24.7 Å². The summed E-state index contributed by atoms with van der Waals surface area (Å²) in [5.41, 5.74) is 6.78. The van der Waals surface area contributed by atoms with E-state index in [4.69, 9.17) is 4.98 Å². The fraction of sp³-hybridized carbons (Fsp3) is 0.115. The maximum Gasteiger partial charge on any atom is 0.159 e. The number of nitrogens with zero attached hydrogens (tertiary/aromatic N) is 5. The van der Waals surface area contributed by atoms with Crippen LogP contribution >= 0.6 is 0 Å². The highest BCUT2D eigenvalue weighted by Gasteiger charge is 2.17. The monoisotopic (exact) mass is 464 g/mol. The summed E-state index contributed by atoms with van der Waals surface area (Å²) >= 11 is 0. The third kappa shape index (κ3) is 3.86. The fourth-order valence-electron chi connectivity index (χ4n) is 4.15. The number of anilines is 1. The van der Waals surface area contributed by atoms with Gasteiger partial charge in [-0.3, -0.25) is 15.1 Å². The lowest BCUT2D eigenvalue weighted by atomic mass is 10.1. The molecular weight excluding hydrogens is 443 g/mol. The zero-order valence-corrected chi connectivity index (χ0v) is 19.0. The van der Waals surface area contributed by atoms with Gasteiger partial charge in [-0.2, -0.15) is 5.10 Å². The molecule has 0 aliphatic carbocycles. The van der Waals surface area contributed by atoms with E-state index in [1.165, 1.54) is 12.1 Å². The Morgan fingerprint density at radius 2 is 1.80 bits per heavy atom. The molecule has 3 N–H and O–H groups in total. The van der Waals surface area contributed by atoms with Crippen molar-refractivity contribution in [1.29, 1.82) is 0 Å². The van der Waals surface area contributed by atoms with E-state index in [0.29, 0.717) is 40.0 Å². The van der Waals surface area contributed by atoms with Crippen molar-refractivity contribution in [2.75, 3.05) is 5.32 Å². The van der Waals surface area contributed by atoms with Gasteiger partial charge in [0.05, 0.1) is 22.3 Å². The Hall–Kier alpha value is -4.66. The van der Waals surface area contributed by atoms with Crippen molar-refractivity contribution < 1.29 is 4.39 Å². The van der Waals surface area contributed by atoms with Gasteiger partial charge in [-0.15, -0.1) is 0 Å². The van der Waals surface area contributed by atoms with E-state index in [1.807, 2.05) is 30.5 Å². The van der Waals surface area contributed by atoms with Crippen LogP contribution in [-0.2, 0) is 0 Å². The van der Waals surface area contributed by atoms with Crippen LogP contribution in [0.5, 0.6) is 0 Å². The Balaban J connectivity index is 1.45. The molecule has 35 heavy (non-hydrogen) atoms. The molecule has 0 fully saturated rings. The lowest BCUT2D eigenvalue weighted by Crippen LogP contribution is -2.09. The van der Waals surface area contributed by atoms with Crippen molar-refractivity contribution in [3.05, 3.63) is 73.1 Å². The van der Waals surface area contributed by atoms with Crippen LogP contribution in [0.2, 0.25) is 0 Å². The van der Waals surface area contributed by atoms with Crippen molar-refractivity contribution >= 4 is 27.8 Å². The van der Waals surface area contributed by atoms with Crippen molar-refractivity contribution in [2.24, 2.45) is 0 Å². The van der Waals surface area contributed by atoms with Crippen molar-refractivity contribution in [2.45, 2.75) is 19.9 Å². The number of halogens is 1. The largest absolute Gasteiger partial charge is 0.382 e. The molecule has 0 aliphatic heterocycles. The minimum Gasteiger partial charge on any atom is -0.382 e. The van der Waals surface area contributed by atoms with Gasteiger partial charge in [0.1, 0.15) is 17.0 Å². The topological polar surface area (TPSA) is 108 Å². The summed E-state index contributed by atoms with van der Waals surface area (Å²) in [5, 5.41) is 11.7. The minimum atomic E-state index is -0.323. The van der Waals surface area contributed by atoms with E-state index in [9.17, 15) is 4.39 Å². The van der Waals surface area contributed by atoms with Gasteiger partial charge in [0.2, 0.25) is 0 Å². The summed E-state index contributed by atoms with van der Waals surface area (Å²) in [7, 11) is 0. The predicted molar refractivity (Wildman–Crippen MR) is 134 cm³/mol. The second-order valence-electron chi connectivity index (χ2n) is 8.61. The average Bonchev–Trinajstić information content (AvgIpc) is 3.47. The van der Waals surface area contributed by atoms with Crippen LogP contribution in [0.25, 0.3) is 56.0 Å². The quantitative estimate of drug-likeness (QED) is 0.307. The molecule has 0 atom stereocenters. The second-order valence-corrected chi connectivity index (χ2v) is 8.61. The highest BCUT2D eigenvalue weighted by molar-refractivity contribution is 5.96. The number of pyridine rings is 3. The van der Waals surface area contributed by atoms with Gasteiger partial charge in [0.25, 0.3) is 0 Å².